The molecule has 0 aromatic heterocycles. The van der Waals surface area contributed by atoms with E-state index in [4.69, 9.17) is 0 Å². The van der Waals surface area contributed by atoms with E-state index in [1.165, 1.54) is 6.07 Å². The Labute approximate surface area is 94.5 Å². The van der Waals surface area contributed by atoms with Crippen molar-refractivity contribution in [1.82, 2.24) is 0 Å². The highest BCUT2D eigenvalue weighted by Crippen LogP contribution is 2.32. The van der Waals surface area contributed by atoms with E-state index in [0.717, 1.165) is 5.56 Å². The van der Waals surface area contributed by atoms with Gasteiger partial charge in [0, 0.05) is 13.2 Å². The van der Waals surface area contributed by atoms with Crippen LogP contribution in [0.4, 0.5) is 0 Å². The number of hydrogen-bond donors (Lipinski definition) is 0. The lowest BCUT2D eigenvalue weighted by Crippen LogP contribution is -2.23. The lowest BCUT2D eigenvalue weighted by molar-refractivity contribution is -0.307. The fraction of sp³-hybridized carbons (Fsp3) is 0.364. The number of rotatable bonds is 4. The average molecular weight is 240 g/mol. The van der Waals surface area contributed by atoms with Gasteiger partial charge in [-0.1, -0.05) is 32.0 Å². The number of carbonyl (C=O) groups excluding carboxylic acids is 1. The molecule has 5 heteroatoms. The van der Waals surface area contributed by atoms with E-state index in [-0.39, 0.29) is 5.56 Å². The van der Waals surface area contributed by atoms with Crippen LogP contribution in [-0.4, -0.2) is 5.52 Å². The Morgan fingerprint density at radius 2 is 1.88 bits per heavy atom. The first kappa shape index (κ1) is 13.1. The van der Waals surface area contributed by atoms with Crippen molar-refractivity contribution in [2.45, 2.75) is 26.7 Å². The van der Waals surface area contributed by atoms with Gasteiger partial charge < -0.3 is 14.4 Å². The van der Waals surface area contributed by atoms with E-state index in [0.29, 0.717) is 18.4 Å². The minimum Gasteiger partial charge on any atom is -0.805 e. The summed E-state index contributed by atoms with van der Waals surface area (Å²) in [6.07, 6.45) is 1.23. The summed E-state index contributed by atoms with van der Waals surface area (Å²) in [5.41, 5.74) is 0.276. The molecule has 0 amide bonds. The first-order valence-corrected chi connectivity index (χ1v) is 6.63. The van der Waals surface area contributed by atoms with Crippen LogP contribution in [0.2, 0.25) is 0 Å². The molecule has 0 spiro atoms. The van der Waals surface area contributed by atoms with Crippen molar-refractivity contribution in [3.63, 3.8) is 0 Å². The van der Waals surface area contributed by atoms with Gasteiger partial charge in [-0.15, -0.1) is 0 Å². The molecular weight excluding hydrogens is 227 g/mol. The summed E-state index contributed by atoms with van der Waals surface area (Å²) in [5, 5.41) is 0. The van der Waals surface area contributed by atoms with Crippen LogP contribution < -0.4 is 9.79 Å². The molecule has 0 aliphatic carbocycles. The Kier molecular flexibility index (Phi) is 4.03. The van der Waals surface area contributed by atoms with Crippen molar-refractivity contribution in [2.75, 3.05) is 0 Å². The number of carbonyl (C=O) groups is 1. The first-order valence-electron chi connectivity index (χ1n) is 5.09. The Morgan fingerprint density at radius 3 is 2.31 bits per heavy atom. The molecule has 0 atom stereocenters. The molecule has 0 saturated carbocycles. The third-order valence-corrected chi connectivity index (χ3v) is 3.23. The summed E-state index contributed by atoms with van der Waals surface area (Å²) >= 11 is 0. The molecule has 0 radical (unpaired) electrons. The zero-order valence-corrected chi connectivity index (χ0v) is 10.1. The molecule has 88 valence electrons. The summed E-state index contributed by atoms with van der Waals surface area (Å²) < 4.78 is 10.7. The van der Waals surface area contributed by atoms with Gasteiger partial charge in [0.15, 0.2) is 5.52 Å². The van der Waals surface area contributed by atoms with E-state index >= 15 is 0 Å². The molecule has 1 rings (SSSR count). The van der Waals surface area contributed by atoms with Crippen LogP contribution in [0, 0.1) is 0 Å². The van der Waals surface area contributed by atoms with Crippen LogP contribution in [0.25, 0.3) is 0 Å². The minimum atomic E-state index is -5.19. The highest BCUT2D eigenvalue weighted by molar-refractivity contribution is 7.68. The Morgan fingerprint density at radius 1 is 1.25 bits per heavy atom. The topological polar surface area (TPSA) is 80.3 Å². The molecule has 1 aromatic carbocycles. The largest absolute Gasteiger partial charge is 0.805 e. The molecular formula is C11H13O4P-2. The van der Waals surface area contributed by atoms with Crippen LogP contribution in [0.3, 0.4) is 0 Å². The van der Waals surface area contributed by atoms with Crippen molar-refractivity contribution in [2.24, 2.45) is 0 Å². The van der Waals surface area contributed by atoms with Gasteiger partial charge in [-0.25, -0.2) is 0 Å². The van der Waals surface area contributed by atoms with Gasteiger partial charge in [-0.3, -0.25) is 4.79 Å². The predicted molar refractivity (Wildman–Crippen MR) is 57.1 cm³/mol. The number of aryl methyl sites for hydroxylation is 1. The molecule has 0 bridgehead atoms. The van der Waals surface area contributed by atoms with E-state index in [1.54, 1.807) is 6.07 Å². The maximum atomic E-state index is 11.4. The van der Waals surface area contributed by atoms with Gasteiger partial charge in [0.05, 0.1) is 0 Å². The second-order valence-corrected chi connectivity index (χ2v) is 4.85. The van der Waals surface area contributed by atoms with Gasteiger partial charge >= 0.3 is 0 Å². The molecule has 0 heterocycles. The lowest BCUT2D eigenvalue weighted by Gasteiger charge is -2.28. The molecule has 0 aliphatic heterocycles. The Bertz CT molecular complexity index is 447. The number of benzene rings is 1. The zero-order chi connectivity index (χ0) is 12.3. The quantitative estimate of drug-likeness (QED) is 0.731. The summed E-state index contributed by atoms with van der Waals surface area (Å²) in [5.74, 6) is 0. The van der Waals surface area contributed by atoms with Crippen LogP contribution in [0.1, 0.15) is 35.3 Å². The van der Waals surface area contributed by atoms with Crippen molar-refractivity contribution in [1.29, 1.82) is 0 Å². The predicted octanol–water partition coefficient (Wildman–Crippen LogP) is 0.865. The van der Waals surface area contributed by atoms with Crippen LogP contribution >= 0.6 is 7.60 Å². The normalized spacial score (nSPS) is 11.5. The smallest absolute Gasteiger partial charge is 0.192 e. The molecule has 0 saturated heterocycles. The molecule has 1 aromatic rings. The Balaban J connectivity index is 3.34. The third kappa shape index (κ3) is 2.59. The minimum absolute atomic E-state index is 0.0233. The molecule has 0 fully saturated rings. The van der Waals surface area contributed by atoms with Gasteiger partial charge in [-0.05, 0) is 24.0 Å². The van der Waals surface area contributed by atoms with Crippen molar-refractivity contribution < 1.29 is 19.1 Å². The monoisotopic (exact) mass is 240 g/mol. The van der Waals surface area contributed by atoms with Crippen LogP contribution in [-0.2, 0) is 17.4 Å². The molecule has 0 N–H and O–H groups in total. The second kappa shape index (κ2) is 4.91. The Hall–Kier alpha value is -0.960. The summed E-state index contributed by atoms with van der Waals surface area (Å²) in [7, 11) is -5.19. The molecule has 4 nitrogen and oxygen atoms in total. The lowest BCUT2D eigenvalue weighted by atomic mass is 9.98. The summed E-state index contributed by atoms with van der Waals surface area (Å²) in [6, 6.07) is 4.82. The number of hydrogen-bond acceptors (Lipinski definition) is 4. The standard InChI is InChI=1S/C11H15O4P/c1-3-8-6-5-7-10(9(8)4-2)11(12)16(13,14)15/h5-7H,3-4H2,1-2H3,(H2,13,14,15)/p-2. The van der Waals surface area contributed by atoms with Gasteiger partial charge in [-0.2, -0.15) is 0 Å². The molecule has 0 unspecified atom stereocenters. The first-order chi connectivity index (χ1) is 7.41. The molecule has 0 aliphatic rings. The van der Waals surface area contributed by atoms with Gasteiger partial charge in [0.1, 0.15) is 0 Å². The van der Waals surface area contributed by atoms with Crippen molar-refractivity contribution >= 4 is 13.1 Å². The van der Waals surface area contributed by atoms with Crippen molar-refractivity contribution in [3.05, 3.63) is 34.9 Å². The molecule has 16 heavy (non-hydrogen) atoms. The fourth-order valence-electron chi connectivity index (χ4n) is 1.73. The highest BCUT2D eigenvalue weighted by Gasteiger charge is 2.15. The van der Waals surface area contributed by atoms with E-state index < -0.39 is 13.1 Å². The van der Waals surface area contributed by atoms with Crippen LogP contribution in [0.15, 0.2) is 18.2 Å². The maximum absolute atomic E-state index is 11.4. The van der Waals surface area contributed by atoms with E-state index in [9.17, 15) is 19.1 Å². The fourth-order valence-corrected chi connectivity index (χ4v) is 2.24. The average Bonchev–Trinajstić information content (AvgIpc) is 2.25. The van der Waals surface area contributed by atoms with E-state index in [1.807, 2.05) is 19.9 Å². The van der Waals surface area contributed by atoms with Crippen molar-refractivity contribution in [3.8, 4) is 0 Å². The van der Waals surface area contributed by atoms with Gasteiger partial charge in [0.25, 0.3) is 0 Å². The van der Waals surface area contributed by atoms with E-state index in [2.05, 4.69) is 0 Å². The second-order valence-electron chi connectivity index (χ2n) is 3.45. The van der Waals surface area contributed by atoms with Crippen LogP contribution in [0.5, 0.6) is 0 Å². The zero-order valence-electron chi connectivity index (χ0n) is 9.23. The highest BCUT2D eigenvalue weighted by atomic mass is 31.2. The third-order valence-electron chi connectivity index (χ3n) is 2.49. The summed E-state index contributed by atoms with van der Waals surface area (Å²) in [6.45, 7) is 3.74. The summed E-state index contributed by atoms with van der Waals surface area (Å²) in [4.78, 5) is 32.9. The van der Waals surface area contributed by atoms with Gasteiger partial charge in [0.2, 0.25) is 0 Å². The SMILES string of the molecule is CCc1cccc(C(=O)P(=O)([O-])[O-])c1CC. The maximum Gasteiger partial charge on any atom is 0.192 e.